The first kappa shape index (κ1) is 9.79. The highest BCUT2D eigenvalue weighted by Crippen LogP contribution is 1.68. The summed E-state index contributed by atoms with van der Waals surface area (Å²) in [5, 5.41) is 5.48. The van der Waals surface area contributed by atoms with Crippen LogP contribution in [0.2, 0.25) is 0 Å². The lowest BCUT2D eigenvalue weighted by Gasteiger charge is -2.01. The van der Waals surface area contributed by atoms with E-state index in [9.17, 15) is 4.79 Å². The van der Waals surface area contributed by atoms with Crippen molar-refractivity contribution in [2.24, 2.45) is 5.73 Å². The predicted octanol–water partition coefficient (Wildman–Crippen LogP) is -0.732. The molecule has 0 radical (unpaired) electrons. The SMILES string of the molecule is C#CCCNCCNC(N)=O. The van der Waals surface area contributed by atoms with Crippen LogP contribution < -0.4 is 16.4 Å². The summed E-state index contributed by atoms with van der Waals surface area (Å²) in [6, 6.07) is -0.497. The average molecular weight is 155 g/mol. The van der Waals surface area contributed by atoms with E-state index in [-0.39, 0.29) is 0 Å². The number of amides is 2. The van der Waals surface area contributed by atoms with Crippen molar-refractivity contribution < 1.29 is 4.79 Å². The Morgan fingerprint density at radius 1 is 1.45 bits per heavy atom. The molecule has 0 spiro atoms. The van der Waals surface area contributed by atoms with E-state index in [1.54, 1.807) is 0 Å². The Kier molecular flexibility index (Phi) is 6.14. The van der Waals surface area contributed by atoms with E-state index in [0.717, 1.165) is 6.54 Å². The lowest BCUT2D eigenvalue weighted by Crippen LogP contribution is -2.35. The highest BCUT2D eigenvalue weighted by molar-refractivity contribution is 5.71. The molecular formula is C7H13N3O. The van der Waals surface area contributed by atoms with E-state index in [4.69, 9.17) is 12.2 Å². The molecule has 0 aromatic rings. The third-order valence-electron chi connectivity index (χ3n) is 1.05. The minimum Gasteiger partial charge on any atom is -0.352 e. The standard InChI is InChI=1S/C7H13N3O/c1-2-3-4-9-5-6-10-7(8)11/h1,9H,3-6H2,(H3,8,10,11). The number of terminal acetylenes is 1. The summed E-state index contributed by atoms with van der Waals surface area (Å²) in [4.78, 5) is 10.1. The van der Waals surface area contributed by atoms with Gasteiger partial charge in [-0.2, -0.15) is 0 Å². The Hall–Kier alpha value is -1.21. The summed E-state index contributed by atoms with van der Waals surface area (Å²) in [5.74, 6) is 2.49. The van der Waals surface area contributed by atoms with Gasteiger partial charge < -0.3 is 16.4 Å². The van der Waals surface area contributed by atoms with Crippen LogP contribution in [0, 0.1) is 12.3 Å². The van der Waals surface area contributed by atoms with E-state index in [1.165, 1.54) is 0 Å². The maximum Gasteiger partial charge on any atom is 0.312 e. The fraction of sp³-hybridized carbons (Fsp3) is 0.571. The predicted molar refractivity (Wildman–Crippen MR) is 43.9 cm³/mol. The largest absolute Gasteiger partial charge is 0.352 e. The van der Waals surface area contributed by atoms with Gasteiger partial charge >= 0.3 is 6.03 Å². The van der Waals surface area contributed by atoms with Crippen LogP contribution in [-0.2, 0) is 0 Å². The van der Waals surface area contributed by atoms with Gasteiger partial charge in [-0.3, -0.25) is 0 Å². The van der Waals surface area contributed by atoms with Crippen molar-refractivity contribution in [1.29, 1.82) is 0 Å². The Morgan fingerprint density at radius 3 is 2.73 bits per heavy atom. The van der Waals surface area contributed by atoms with Crippen LogP contribution in [-0.4, -0.2) is 25.7 Å². The number of nitrogens with two attached hydrogens (primary N) is 1. The first-order valence-corrected chi connectivity index (χ1v) is 3.45. The van der Waals surface area contributed by atoms with Gasteiger partial charge in [0.05, 0.1) is 0 Å². The van der Waals surface area contributed by atoms with Gasteiger partial charge in [-0.1, -0.05) is 0 Å². The lowest BCUT2D eigenvalue weighted by atomic mass is 10.4. The van der Waals surface area contributed by atoms with Crippen LogP contribution in [0.3, 0.4) is 0 Å². The molecule has 0 atom stereocenters. The molecular weight excluding hydrogens is 142 g/mol. The number of nitrogens with one attached hydrogen (secondary N) is 2. The van der Waals surface area contributed by atoms with Crippen molar-refractivity contribution >= 4 is 6.03 Å². The molecule has 0 aromatic carbocycles. The van der Waals surface area contributed by atoms with Crippen LogP contribution in [0.15, 0.2) is 0 Å². The second kappa shape index (κ2) is 6.90. The third-order valence-corrected chi connectivity index (χ3v) is 1.05. The van der Waals surface area contributed by atoms with Crippen LogP contribution >= 0.6 is 0 Å². The van der Waals surface area contributed by atoms with Gasteiger partial charge in [-0.25, -0.2) is 4.79 Å². The Balaban J connectivity index is 2.92. The fourth-order valence-corrected chi connectivity index (χ4v) is 0.560. The molecule has 0 aliphatic heterocycles. The maximum atomic E-state index is 10.1. The second-order valence-electron chi connectivity index (χ2n) is 2.00. The summed E-state index contributed by atoms with van der Waals surface area (Å²) in [6.07, 6.45) is 5.72. The molecule has 0 saturated carbocycles. The Bertz CT molecular complexity index is 150. The molecule has 4 N–H and O–H groups in total. The lowest BCUT2D eigenvalue weighted by molar-refractivity contribution is 0.249. The van der Waals surface area contributed by atoms with Gasteiger partial charge in [0.25, 0.3) is 0 Å². The first-order chi connectivity index (χ1) is 5.27. The van der Waals surface area contributed by atoms with Crippen molar-refractivity contribution in [2.75, 3.05) is 19.6 Å². The number of primary amides is 1. The number of hydrogen-bond donors (Lipinski definition) is 3. The van der Waals surface area contributed by atoms with Gasteiger partial charge in [0.15, 0.2) is 0 Å². The van der Waals surface area contributed by atoms with Crippen molar-refractivity contribution in [2.45, 2.75) is 6.42 Å². The molecule has 2 amide bonds. The van der Waals surface area contributed by atoms with E-state index in [2.05, 4.69) is 16.6 Å². The van der Waals surface area contributed by atoms with Crippen molar-refractivity contribution in [3.8, 4) is 12.3 Å². The first-order valence-electron chi connectivity index (χ1n) is 3.45. The average Bonchev–Trinajstić information content (AvgIpc) is 1.96. The minimum atomic E-state index is -0.497. The van der Waals surface area contributed by atoms with Gasteiger partial charge in [-0.05, 0) is 0 Å². The summed E-state index contributed by atoms with van der Waals surface area (Å²) in [7, 11) is 0. The highest BCUT2D eigenvalue weighted by atomic mass is 16.2. The highest BCUT2D eigenvalue weighted by Gasteiger charge is 1.88. The van der Waals surface area contributed by atoms with Gasteiger partial charge in [0, 0.05) is 26.1 Å². The monoisotopic (exact) mass is 155 g/mol. The van der Waals surface area contributed by atoms with E-state index >= 15 is 0 Å². The smallest absolute Gasteiger partial charge is 0.312 e. The fourth-order valence-electron chi connectivity index (χ4n) is 0.560. The zero-order chi connectivity index (χ0) is 8.53. The maximum absolute atomic E-state index is 10.1. The molecule has 0 bridgehead atoms. The summed E-state index contributed by atoms with van der Waals surface area (Å²) < 4.78 is 0. The van der Waals surface area contributed by atoms with E-state index in [1.807, 2.05) is 0 Å². The quantitative estimate of drug-likeness (QED) is 0.362. The number of rotatable bonds is 5. The van der Waals surface area contributed by atoms with Crippen LogP contribution in [0.25, 0.3) is 0 Å². The van der Waals surface area contributed by atoms with E-state index in [0.29, 0.717) is 19.5 Å². The molecule has 62 valence electrons. The topological polar surface area (TPSA) is 67.2 Å². The Morgan fingerprint density at radius 2 is 2.18 bits per heavy atom. The number of carbonyl (C=O) groups excluding carboxylic acids is 1. The molecule has 0 fully saturated rings. The third kappa shape index (κ3) is 8.79. The molecule has 4 nitrogen and oxygen atoms in total. The molecule has 11 heavy (non-hydrogen) atoms. The molecule has 0 rings (SSSR count). The summed E-state index contributed by atoms with van der Waals surface area (Å²) in [6.45, 7) is 2.02. The van der Waals surface area contributed by atoms with Crippen LogP contribution in [0.1, 0.15) is 6.42 Å². The zero-order valence-electron chi connectivity index (χ0n) is 6.39. The Labute approximate surface area is 66.5 Å². The van der Waals surface area contributed by atoms with Crippen molar-refractivity contribution in [1.82, 2.24) is 10.6 Å². The molecule has 0 aliphatic rings. The molecule has 0 aromatic heterocycles. The number of hydrogen-bond acceptors (Lipinski definition) is 2. The van der Waals surface area contributed by atoms with Crippen LogP contribution in [0.4, 0.5) is 4.79 Å². The molecule has 0 saturated heterocycles. The molecule has 4 heteroatoms. The molecule has 0 unspecified atom stereocenters. The zero-order valence-corrected chi connectivity index (χ0v) is 6.39. The summed E-state index contributed by atoms with van der Waals surface area (Å²) in [5.41, 5.74) is 4.82. The van der Waals surface area contributed by atoms with Gasteiger partial charge in [0.1, 0.15) is 0 Å². The molecule has 0 heterocycles. The van der Waals surface area contributed by atoms with Crippen molar-refractivity contribution in [3.63, 3.8) is 0 Å². The normalized spacial score (nSPS) is 8.64. The number of urea groups is 1. The minimum absolute atomic E-state index is 0.497. The summed E-state index contributed by atoms with van der Waals surface area (Å²) >= 11 is 0. The number of carbonyl (C=O) groups is 1. The van der Waals surface area contributed by atoms with Gasteiger partial charge in [0.2, 0.25) is 0 Å². The van der Waals surface area contributed by atoms with E-state index < -0.39 is 6.03 Å². The molecule has 0 aliphatic carbocycles. The van der Waals surface area contributed by atoms with Crippen LogP contribution in [0.5, 0.6) is 0 Å². The van der Waals surface area contributed by atoms with Gasteiger partial charge in [-0.15, -0.1) is 12.3 Å². The van der Waals surface area contributed by atoms with Crippen molar-refractivity contribution in [3.05, 3.63) is 0 Å². The second-order valence-corrected chi connectivity index (χ2v) is 2.00.